The summed E-state index contributed by atoms with van der Waals surface area (Å²) in [7, 11) is 0. The molecule has 0 saturated carbocycles. The van der Waals surface area contributed by atoms with Crippen LogP contribution in [0.4, 0.5) is 0 Å². The number of hydrogen-bond donors (Lipinski definition) is 1. The Bertz CT molecular complexity index is 601. The monoisotopic (exact) mass is 362 g/mol. The zero-order chi connectivity index (χ0) is 16.8. The lowest BCUT2D eigenvalue weighted by atomic mass is 9.97. The van der Waals surface area contributed by atoms with Crippen LogP contribution in [0.2, 0.25) is 0 Å². The quantitative estimate of drug-likeness (QED) is 0.795. The predicted octanol–water partition coefficient (Wildman–Crippen LogP) is 4.33. The Hall–Kier alpha value is -1.17. The number of thiophene rings is 2. The van der Waals surface area contributed by atoms with Crippen molar-refractivity contribution in [3.8, 4) is 0 Å². The number of hydrogen-bond acceptors (Lipinski definition) is 4. The van der Waals surface area contributed by atoms with Crippen molar-refractivity contribution in [1.29, 1.82) is 0 Å². The van der Waals surface area contributed by atoms with E-state index < -0.39 is 0 Å². The van der Waals surface area contributed by atoms with Crippen molar-refractivity contribution >= 4 is 28.6 Å². The van der Waals surface area contributed by atoms with Gasteiger partial charge in [-0.15, -0.1) is 22.7 Å². The molecule has 3 heterocycles. The molecular formula is C19H26N2OS2. The van der Waals surface area contributed by atoms with Gasteiger partial charge in [-0.1, -0.05) is 19.1 Å². The van der Waals surface area contributed by atoms with Crippen LogP contribution in [-0.2, 0) is 11.2 Å². The highest BCUT2D eigenvalue weighted by Gasteiger charge is 2.25. The summed E-state index contributed by atoms with van der Waals surface area (Å²) in [4.78, 5) is 17.4. The van der Waals surface area contributed by atoms with Crippen molar-refractivity contribution < 1.29 is 4.79 Å². The molecule has 1 fully saturated rings. The zero-order valence-corrected chi connectivity index (χ0v) is 15.9. The Morgan fingerprint density at radius 1 is 1.25 bits per heavy atom. The Kier molecular flexibility index (Phi) is 6.46. The standard InChI is InChI=1S/C19H26N2OS2/c1-15-8-10-21(11-9-15)17(18-5-3-13-24-18)14-20-19(22)7-6-16-4-2-12-23-16/h2-5,12-13,15,17H,6-11,14H2,1H3,(H,20,22). The van der Waals surface area contributed by atoms with Gasteiger partial charge < -0.3 is 5.32 Å². The van der Waals surface area contributed by atoms with Gasteiger partial charge in [-0.05, 0) is 61.2 Å². The normalized spacial score (nSPS) is 17.7. The molecule has 1 N–H and O–H groups in total. The van der Waals surface area contributed by atoms with Crippen LogP contribution < -0.4 is 5.32 Å². The van der Waals surface area contributed by atoms with Crippen LogP contribution in [0.3, 0.4) is 0 Å². The van der Waals surface area contributed by atoms with Crippen molar-refractivity contribution in [2.24, 2.45) is 5.92 Å². The molecule has 1 amide bonds. The Morgan fingerprint density at radius 2 is 2.00 bits per heavy atom. The lowest BCUT2D eigenvalue weighted by Gasteiger charge is -2.36. The number of nitrogens with zero attached hydrogens (tertiary/aromatic N) is 1. The average Bonchev–Trinajstić information content (AvgIpc) is 3.28. The predicted molar refractivity (Wildman–Crippen MR) is 103 cm³/mol. The van der Waals surface area contributed by atoms with Crippen LogP contribution in [-0.4, -0.2) is 30.4 Å². The van der Waals surface area contributed by atoms with Gasteiger partial charge in [0.25, 0.3) is 0 Å². The van der Waals surface area contributed by atoms with Gasteiger partial charge in [0.2, 0.25) is 5.91 Å². The number of carbonyl (C=O) groups is 1. The third-order valence-electron chi connectivity index (χ3n) is 4.80. The maximum Gasteiger partial charge on any atom is 0.220 e. The SMILES string of the molecule is CC1CCN(C(CNC(=O)CCc2cccs2)c2cccs2)CC1. The van der Waals surface area contributed by atoms with Crippen LogP contribution in [0, 0.1) is 5.92 Å². The summed E-state index contributed by atoms with van der Waals surface area (Å²) in [6.07, 6.45) is 3.94. The summed E-state index contributed by atoms with van der Waals surface area (Å²) in [6, 6.07) is 8.77. The molecule has 5 heteroatoms. The Balaban J connectivity index is 1.53. The van der Waals surface area contributed by atoms with Gasteiger partial charge in [-0.2, -0.15) is 0 Å². The smallest absolute Gasteiger partial charge is 0.220 e. The summed E-state index contributed by atoms with van der Waals surface area (Å²) in [5.74, 6) is 0.987. The van der Waals surface area contributed by atoms with E-state index >= 15 is 0 Å². The largest absolute Gasteiger partial charge is 0.354 e. The van der Waals surface area contributed by atoms with Crippen molar-refractivity contribution in [1.82, 2.24) is 10.2 Å². The third-order valence-corrected chi connectivity index (χ3v) is 6.71. The van der Waals surface area contributed by atoms with Crippen LogP contribution in [0.25, 0.3) is 0 Å². The molecule has 0 aliphatic carbocycles. The fourth-order valence-corrected chi connectivity index (χ4v) is 4.79. The second-order valence-electron chi connectivity index (χ2n) is 6.63. The topological polar surface area (TPSA) is 32.3 Å². The van der Waals surface area contributed by atoms with Crippen molar-refractivity contribution in [2.45, 2.75) is 38.6 Å². The molecule has 1 atom stereocenters. The molecule has 2 aromatic rings. The van der Waals surface area contributed by atoms with Crippen LogP contribution >= 0.6 is 22.7 Å². The van der Waals surface area contributed by atoms with Gasteiger partial charge in [0.05, 0.1) is 6.04 Å². The van der Waals surface area contributed by atoms with E-state index in [0.29, 0.717) is 12.5 Å². The van der Waals surface area contributed by atoms with Crippen molar-refractivity contribution in [2.75, 3.05) is 19.6 Å². The van der Waals surface area contributed by atoms with Gasteiger partial charge in [0.15, 0.2) is 0 Å². The second kappa shape index (κ2) is 8.79. The van der Waals surface area contributed by atoms with Gasteiger partial charge in [-0.25, -0.2) is 0 Å². The highest BCUT2D eigenvalue weighted by molar-refractivity contribution is 7.10. The first-order chi connectivity index (χ1) is 11.7. The minimum atomic E-state index is 0.162. The average molecular weight is 363 g/mol. The van der Waals surface area contributed by atoms with Crippen LogP contribution in [0.15, 0.2) is 35.0 Å². The summed E-state index contributed by atoms with van der Waals surface area (Å²) >= 11 is 3.52. The van der Waals surface area contributed by atoms with Gasteiger partial charge >= 0.3 is 0 Å². The number of rotatable bonds is 7. The number of piperidine rings is 1. The van der Waals surface area contributed by atoms with Crippen LogP contribution in [0.5, 0.6) is 0 Å². The summed E-state index contributed by atoms with van der Waals surface area (Å²) in [6.45, 7) is 5.33. The van der Waals surface area contributed by atoms with E-state index in [1.54, 1.807) is 22.7 Å². The molecule has 0 bridgehead atoms. The third kappa shape index (κ3) is 4.91. The second-order valence-corrected chi connectivity index (χ2v) is 8.64. The molecule has 3 rings (SSSR count). The molecule has 1 aliphatic rings. The molecule has 24 heavy (non-hydrogen) atoms. The summed E-state index contributed by atoms with van der Waals surface area (Å²) in [5.41, 5.74) is 0. The van der Waals surface area contributed by atoms with Gasteiger partial charge in [0, 0.05) is 22.7 Å². The number of likely N-dealkylation sites (tertiary alicyclic amines) is 1. The molecule has 0 spiro atoms. The van der Waals surface area contributed by atoms with E-state index in [4.69, 9.17) is 0 Å². The molecule has 130 valence electrons. The Morgan fingerprint density at radius 3 is 2.67 bits per heavy atom. The number of amides is 1. The zero-order valence-electron chi connectivity index (χ0n) is 14.2. The van der Waals surface area contributed by atoms with Gasteiger partial charge in [-0.3, -0.25) is 9.69 Å². The summed E-state index contributed by atoms with van der Waals surface area (Å²) < 4.78 is 0. The first-order valence-corrected chi connectivity index (χ1v) is 10.5. The first-order valence-electron chi connectivity index (χ1n) is 8.79. The molecule has 1 unspecified atom stereocenters. The maximum atomic E-state index is 12.2. The van der Waals surface area contributed by atoms with E-state index in [1.165, 1.54) is 22.6 Å². The number of aryl methyl sites for hydroxylation is 1. The van der Waals surface area contributed by atoms with Gasteiger partial charge in [0.1, 0.15) is 0 Å². The fraction of sp³-hybridized carbons (Fsp3) is 0.526. The highest BCUT2D eigenvalue weighted by Crippen LogP contribution is 2.29. The fourth-order valence-electron chi connectivity index (χ4n) is 3.22. The van der Waals surface area contributed by atoms with Crippen molar-refractivity contribution in [3.63, 3.8) is 0 Å². The highest BCUT2D eigenvalue weighted by atomic mass is 32.1. The number of carbonyl (C=O) groups excluding carboxylic acids is 1. The molecule has 2 aromatic heterocycles. The molecule has 1 saturated heterocycles. The van der Waals surface area contributed by atoms with Crippen LogP contribution in [0.1, 0.15) is 42.0 Å². The lowest BCUT2D eigenvalue weighted by molar-refractivity contribution is -0.121. The van der Waals surface area contributed by atoms with E-state index in [-0.39, 0.29) is 5.91 Å². The van der Waals surface area contributed by atoms with E-state index in [1.807, 2.05) is 6.07 Å². The molecule has 0 aromatic carbocycles. The minimum Gasteiger partial charge on any atom is -0.354 e. The number of nitrogens with one attached hydrogen (secondary N) is 1. The molecule has 0 radical (unpaired) electrons. The van der Waals surface area contributed by atoms with Crippen molar-refractivity contribution in [3.05, 3.63) is 44.8 Å². The molecule has 3 nitrogen and oxygen atoms in total. The van der Waals surface area contributed by atoms with E-state index in [9.17, 15) is 4.79 Å². The molecule has 1 aliphatic heterocycles. The minimum absolute atomic E-state index is 0.162. The Labute approximate surface area is 152 Å². The van der Waals surface area contributed by atoms with E-state index in [2.05, 4.69) is 46.1 Å². The first kappa shape index (κ1) is 17.6. The lowest BCUT2D eigenvalue weighted by Crippen LogP contribution is -2.41. The molecular weight excluding hydrogens is 336 g/mol. The maximum absolute atomic E-state index is 12.2. The van der Waals surface area contributed by atoms with E-state index in [0.717, 1.165) is 32.0 Å². The summed E-state index contributed by atoms with van der Waals surface area (Å²) in [5, 5.41) is 7.37.